The second kappa shape index (κ2) is 14.6. The molecule has 66 heavy (non-hydrogen) atoms. The summed E-state index contributed by atoms with van der Waals surface area (Å²) in [5.41, 5.74) is 26.7. The Labute approximate surface area is 388 Å². The number of hydrogen-bond donors (Lipinski definition) is 3. The van der Waals surface area contributed by atoms with Gasteiger partial charge in [0.05, 0.1) is 52.0 Å². The van der Waals surface area contributed by atoms with Crippen LogP contribution >= 0.6 is 0 Å². The minimum atomic E-state index is -0.284. The quantitative estimate of drug-likeness (QED) is 0.138. The lowest BCUT2D eigenvalue weighted by Gasteiger charge is -2.62. The van der Waals surface area contributed by atoms with Crippen LogP contribution in [0.4, 0.5) is 17.1 Å². The first-order valence-corrected chi connectivity index (χ1v) is 25.2. The lowest BCUT2D eigenvalue weighted by atomic mass is 9.43. The highest BCUT2D eigenvalue weighted by molar-refractivity contribution is 5.75. The van der Waals surface area contributed by atoms with Gasteiger partial charge in [-0.05, 0) is 223 Å². The molecule has 12 aliphatic carbocycles. The molecule has 12 saturated carbocycles. The van der Waals surface area contributed by atoms with Gasteiger partial charge in [0.25, 0.3) is 0 Å². The molecule has 4 aromatic carbocycles. The van der Waals surface area contributed by atoms with Crippen molar-refractivity contribution in [1.82, 2.24) is 0 Å². The minimum absolute atomic E-state index is 0.151. The molecule has 0 aliphatic heterocycles. The summed E-state index contributed by atoms with van der Waals surface area (Å²) in [6, 6.07) is 23.1. The second-order valence-corrected chi connectivity index (χ2v) is 23.6. The molecule has 0 heterocycles. The maximum Gasteiger partial charge on any atom is 0.177 e. The van der Waals surface area contributed by atoms with Gasteiger partial charge in [0.15, 0.2) is 23.0 Å². The maximum absolute atomic E-state index is 10.0. The number of benzene rings is 4. The van der Waals surface area contributed by atoms with Gasteiger partial charge in [-0.25, -0.2) is 0 Å². The normalized spacial score (nSPS) is 35.9. The van der Waals surface area contributed by atoms with Crippen molar-refractivity contribution in [3.8, 4) is 52.7 Å². The highest BCUT2D eigenvalue weighted by atomic mass is 16.5. The van der Waals surface area contributed by atoms with Gasteiger partial charge in [-0.2, -0.15) is 15.8 Å². The Morgan fingerprint density at radius 3 is 0.879 bits per heavy atom. The van der Waals surface area contributed by atoms with E-state index in [0.29, 0.717) is 110 Å². The summed E-state index contributed by atoms with van der Waals surface area (Å²) in [5, 5.41) is 30.0. The van der Waals surface area contributed by atoms with E-state index in [2.05, 4.69) is 18.2 Å². The second-order valence-electron chi connectivity index (χ2n) is 23.6. The molecule has 0 aromatic heterocycles. The number of ether oxygens (including phenoxy) is 3. The molecule has 4 aromatic rings. The Morgan fingerprint density at radius 2 is 0.606 bits per heavy atom. The molecule has 0 amide bonds. The van der Waals surface area contributed by atoms with E-state index < -0.39 is 0 Å². The molecule has 0 spiro atoms. The van der Waals surface area contributed by atoms with Crippen LogP contribution < -0.4 is 31.4 Å². The first-order valence-electron chi connectivity index (χ1n) is 25.2. The molecule has 12 aliphatic rings. The van der Waals surface area contributed by atoms with Crippen molar-refractivity contribution in [2.75, 3.05) is 17.2 Å². The third-order valence-electron chi connectivity index (χ3n) is 19.1. The molecular weight excluding hydrogens is 817 g/mol. The first kappa shape index (κ1) is 40.4. The maximum atomic E-state index is 10.0. The van der Waals surface area contributed by atoms with Crippen LogP contribution in [0.2, 0.25) is 0 Å². The molecule has 9 nitrogen and oxygen atoms in total. The molecule has 336 valence electrons. The van der Waals surface area contributed by atoms with Crippen LogP contribution in [-0.2, 0) is 16.2 Å². The summed E-state index contributed by atoms with van der Waals surface area (Å²) in [6.07, 6.45) is 21.3. The van der Waals surface area contributed by atoms with Gasteiger partial charge in [-0.15, -0.1) is 0 Å². The van der Waals surface area contributed by atoms with Crippen molar-refractivity contribution in [1.29, 1.82) is 15.8 Å². The number of anilines is 3. The van der Waals surface area contributed by atoms with E-state index in [0.717, 1.165) is 74.8 Å². The van der Waals surface area contributed by atoms with E-state index in [4.69, 9.17) is 31.4 Å². The van der Waals surface area contributed by atoms with Crippen LogP contribution in [0.25, 0.3) is 0 Å². The van der Waals surface area contributed by atoms with Crippen LogP contribution in [0.5, 0.6) is 34.5 Å². The average Bonchev–Trinajstić information content (AvgIpc) is 3.27. The Hall–Kier alpha value is -5.85. The van der Waals surface area contributed by atoms with Crippen LogP contribution in [0.15, 0.2) is 54.6 Å². The van der Waals surface area contributed by atoms with Gasteiger partial charge >= 0.3 is 0 Å². The number of rotatable bonds is 9. The van der Waals surface area contributed by atoms with E-state index in [9.17, 15) is 15.8 Å². The van der Waals surface area contributed by atoms with Crippen molar-refractivity contribution >= 4 is 17.1 Å². The lowest BCUT2D eigenvalue weighted by molar-refractivity contribution is -0.0205. The highest BCUT2D eigenvalue weighted by Crippen LogP contribution is 2.73. The summed E-state index contributed by atoms with van der Waals surface area (Å²) in [5.74, 6) is 9.53. The monoisotopic (exact) mass is 876 g/mol. The van der Waals surface area contributed by atoms with E-state index in [-0.39, 0.29) is 16.2 Å². The molecule has 0 unspecified atom stereocenters. The van der Waals surface area contributed by atoms with Crippen molar-refractivity contribution in [3.05, 3.63) is 88.0 Å². The van der Waals surface area contributed by atoms with Gasteiger partial charge in [-0.3, -0.25) is 0 Å². The Kier molecular flexibility index (Phi) is 8.93. The number of nitrogens with zero attached hydrogens (tertiary/aromatic N) is 3. The van der Waals surface area contributed by atoms with E-state index >= 15 is 0 Å². The Morgan fingerprint density at radius 1 is 0.364 bits per heavy atom. The largest absolute Gasteiger partial charge is 0.454 e. The minimum Gasteiger partial charge on any atom is -0.454 e. The number of hydrogen-bond acceptors (Lipinski definition) is 9. The standard InChI is InChI=1S/C57H60N6O3/c58-28-31-1-4-46(43(61)16-31)64-52-49(55-19-34-7-35(20-55)9-36(8-34)21-55)50(56-22-37-10-38(23-56)12-39(11-37)24-56)53(65-47-5-2-32(29-59)17-44(47)62)54(66-48-6-3-33(30-60)18-45(48)63)51(52)57-25-40-13-41(26-57)15-42(14-40)27-57/h1-6,16-18,34-42H,7-15,19-27,61-63H2. The number of nitriles is 3. The smallest absolute Gasteiger partial charge is 0.177 e. The van der Waals surface area contributed by atoms with Crippen molar-refractivity contribution in [3.63, 3.8) is 0 Å². The fourth-order valence-corrected chi connectivity index (χ4v) is 18.2. The van der Waals surface area contributed by atoms with E-state index in [1.165, 1.54) is 68.9 Å². The first-order chi connectivity index (χ1) is 32.0. The third-order valence-corrected chi connectivity index (χ3v) is 19.1. The molecule has 0 radical (unpaired) electrons. The van der Waals surface area contributed by atoms with E-state index in [1.54, 1.807) is 30.3 Å². The zero-order valence-electron chi connectivity index (χ0n) is 37.9. The van der Waals surface area contributed by atoms with Gasteiger partial charge in [0, 0.05) is 32.9 Å². The third kappa shape index (κ3) is 6.26. The topological polar surface area (TPSA) is 177 Å². The molecule has 0 saturated heterocycles. The van der Waals surface area contributed by atoms with Crippen molar-refractivity contribution in [2.24, 2.45) is 53.3 Å². The fourth-order valence-electron chi connectivity index (χ4n) is 18.2. The lowest BCUT2D eigenvalue weighted by Crippen LogP contribution is -2.53. The fraction of sp³-hybridized carbons (Fsp3) is 0.526. The molecule has 16 rings (SSSR count). The molecule has 12 fully saturated rings. The molecular formula is C57H60N6O3. The molecule has 6 N–H and O–H groups in total. The Balaban J connectivity index is 1.19. The Bertz CT molecular complexity index is 2740. The predicted octanol–water partition coefficient (Wildman–Crippen LogP) is 12.8. The average molecular weight is 877 g/mol. The summed E-state index contributed by atoms with van der Waals surface area (Å²) in [4.78, 5) is 0. The van der Waals surface area contributed by atoms with Gasteiger partial charge in [0.2, 0.25) is 0 Å². The van der Waals surface area contributed by atoms with Crippen molar-refractivity contribution < 1.29 is 14.2 Å². The van der Waals surface area contributed by atoms with Crippen LogP contribution in [0, 0.1) is 87.3 Å². The zero-order chi connectivity index (χ0) is 44.7. The zero-order valence-corrected chi connectivity index (χ0v) is 37.9. The van der Waals surface area contributed by atoms with Crippen molar-refractivity contribution in [2.45, 2.75) is 132 Å². The summed E-state index contributed by atoms with van der Waals surface area (Å²) in [6.45, 7) is 0. The summed E-state index contributed by atoms with van der Waals surface area (Å²) >= 11 is 0. The molecule has 9 heteroatoms. The van der Waals surface area contributed by atoms with Gasteiger partial charge in [0.1, 0.15) is 11.5 Å². The highest BCUT2D eigenvalue weighted by Gasteiger charge is 2.62. The van der Waals surface area contributed by atoms with Gasteiger partial charge in [-0.1, -0.05) is 0 Å². The van der Waals surface area contributed by atoms with Gasteiger partial charge < -0.3 is 31.4 Å². The summed E-state index contributed by atoms with van der Waals surface area (Å²) < 4.78 is 23.2. The molecule has 12 bridgehead atoms. The summed E-state index contributed by atoms with van der Waals surface area (Å²) in [7, 11) is 0. The predicted molar refractivity (Wildman–Crippen MR) is 253 cm³/mol. The number of nitrogens with two attached hydrogens (primary N) is 3. The molecule has 0 atom stereocenters. The van der Waals surface area contributed by atoms with Crippen LogP contribution in [0.3, 0.4) is 0 Å². The van der Waals surface area contributed by atoms with Crippen LogP contribution in [0.1, 0.15) is 149 Å². The number of nitrogen functional groups attached to an aromatic ring is 3. The van der Waals surface area contributed by atoms with E-state index in [1.807, 2.05) is 24.3 Å². The van der Waals surface area contributed by atoms with Crippen LogP contribution in [-0.4, -0.2) is 0 Å². The SMILES string of the molecule is N#Cc1ccc(Oc2c(Oc3ccc(C#N)cc3N)c(C34CC5CC(CC(C5)C3)C4)c(C34CC5CC(CC(C5)C3)C4)c(Oc3ccc(C#N)cc3N)c2C23CC4CC(CC(C4)C2)C3)c(N)c1.